The van der Waals surface area contributed by atoms with Crippen molar-refractivity contribution in [2.75, 3.05) is 11.9 Å². The molecule has 0 aliphatic carbocycles. The fourth-order valence-electron chi connectivity index (χ4n) is 1.58. The molecule has 0 aliphatic heterocycles. The van der Waals surface area contributed by atoms with E-state index in [2.05, 4.69) is 16.4 Å². The number of nitriles is 1. The maximum Gasteiger partial charge on any atom is 0.127 e. The Hall–Kier alpha value is -2.41. The van der Waals surface area contributed by atoms with Crippen LogP contribution in [0.3, 0.4) is 0 Å². The maximum absolute atomic E-state index is 12.7. The standard InChI is InChI=1S/C14H12FN3/c15-13-3-1-11(2-4-13)5-7-17-14-9-12(10-16)6-8-18-14/h1-4,6,8-9H,5,7H2,(H,17,18). The van der Waals surface area contributed by atoms with E-state index in [1.807, 2.05) is 0 Å². The van der Waals surface area contributed by atoms with Crippen LogP contribution in [0.25, 0.3) is 0 Å². The van der Waals surface area contributed by atoms with Crippen LogP contribution in [0.15, 0.2) is 42.6 Å². The molecule has 18 heavy (non-hydrogen) atoms. The quantitative estimate of drug-likeness (QED) is 0.895. The lowest BCUT2D eigenvalue weighted by Crippen LogP contribution is -2.06. The number of nitrogens with one attached hydrogen (secondary N) is 1. The first-order valence-corrected chi connectivity index (χ1v) is 5.62. The van der Waals surface area contributed by atoms with Crippen LogP contribution in [0.4, 0.5) is 10.2 Å². The summed E-state index contributed by atoms with van der Waals surface area (Å²) in [5.41, 5.74) is 1.63. The number of rotatable bonds is 4. The van der Waals surface area contributed by atoms with Crippen LogP contribution in [0.2, 0.25) is 0 Å². The predicted molar refractivity (Wildman–Crippen MR) is 67.5 cm³/mol. The minimum Gasteiger partial charge on any atom is -0.370 e. The van der Waals surface area contributed by atoms with E-state index in [1.165, 1.54) is 12.1 Å². The maximum atomic E-state index is 12.7. The second-order valence-corrected chi connectivity index (χ2v) is 3.84. The van der Waals surface area contributed by atoms with Gasteiger partial charge in [0.1, 0.15) is 11.6 Å². The molecule has 0 radical (unpaired) electrons. The molecule has 0 atom stereocenters. The molecule has 2 aromatic rings. The van der Waals surface area contributed by atoms with Crippen molar-refractivity contribution >= 4 is 5.82 Å². The Morgan fingerprint density at radius 2 is 2.00 bits per heavy atom. The summed E-state index contributed by atoms with van der Waals surface area (Å²) in [5, 5.41) is 11.9. The highest BCUT2D eigenvalue weighted by molar-refractivity contribution is 5.42. The van der Waals surface area contributed by atoms with Gasteiger partial charge in [0.05, 0.1) is 11.6 Å². The molecule has 0 saturated carbocycles. The fraction of sp³-hybridized carbons (Fsp3) is 0.143. The van der Waals surface area contributed by atoms with E-state index in [0.29, 0.717) is 17.9 Å². The first-order chi connectivity index (χ1) is 8.78. The van der Waals surface area contributed by atoms with Crippen molar-refractivity contribution in [2.24, 2.45) is 0 Å². The largest absolute Gasteiger partial charge is 0.370 e. The molecule has 0 saturated heterocycles. The van der Waals surface area contributed by atoms with Gasteiger partial charge in [-0.3, -0.25) is 0 Å². The minimum atomic E-state index is -0.227. The topological polar surface area (TPSA) is 48.7 Å². The van der Waals surface area contributed by atoms with Crippen molar-refractivity contribution in [1.29, 1.82) is 5.26 Å². The van der Waals surface area contributed by atoms with Crippen LogP contribution in [-0.2, 0) is 6.42 Å². The zero-order valence-corrected chi connectivity index (χ0v) is 9.73. The normalized spacial score (nSPS) is 9.78. The van der Waals surface area contributed by atoms with Gasteiger partial charge in [0.15, 0.2) is 0 Å². The summed E-state index contributed by atoms with van der Waals surface area (Å²) in [6, 6.07) is 11.8. The summed E-state index contributed by atoms with van der Waals surface area (Å²) in [7, 11) is 0. The highest BCUT2D eigenvalue weighted by Crippen LogP contribution is 2.07. The van der Waals surface area contributed by atoms with Gasteiger partial charge in [0.25, 0.3) is 0 Å². The van der Waals surface area contributed by atoms with Crippen LogP contribution in [0.5, 0.6) is 0 Å². The average Bonchev–Trinajstić information content (AvgIpc) is 2.41. The lowest BCUT2D eigenvalue weighted by Gasteiger charge is -2.05. The summed E-state index contributed by atoms with van der Waals surface area (Å²) in [5.74, 6) is 0.450. The molecule has 2 rings (SSSR count). The third kappa shape index (κ3) is 3.29. The van der Waals surface area contributed by atoms with Crippen LogP contribution in [0.1, 0.15) is 11.1 Å². The van der Waals surface area contributed by atoms with Crippen LogP contribution in [0, 0.1) is 17.1 Å². The Morgan fingerprint density at radius 3 is 2.72 bits per heavy atom. The van der Waals surface area contributed by atoms with Crippen molar-refractivity contribution < 1.29 is 4.39 Å². The van der Waals surface area contributed by atoms with Crippen molar-refractivity contribution in [3.63, 3.8) is 0 Å². The molecular formula is C14H12FN3. The van der Waals surface area contributed by atoms with E-state index in [9.17, 15) is 4.39 Å². The van der Waals surface area contributed by atoms with Gasteiger partial charge in [0, 0.05) is 12.7 Å². The Balaban J connectivity index is 1.88. The SMILES string of the molecule is N#Cc1ccnc(NCCc2ccc(F)cc2)c1. The monoisotopic (exact) mass is 241 g/mol. The Morgan fingerprint density at radius 1 is 1.22 bits per heavy atom. The third-order valence-electron chi connectivity index (χ3n) is 2.52. The van der Waals surface area contributed by atoms with Gasteiger partial charge in [-0.15, -0.1) is 0 Å². The zero-order chi connectivity index (χ0) is 12.8. The highest BCUT2D eigenvalue weighted by Gasteiger charge is 1.97. The Labute approximate surface area is 105 Å². The average molecular weight is 241 g/mol. The van der Waals surface area contributed by atoms with Crippen LogP contribution < -0.4 is 5.32 Å². The molecule has 1 aromatic heterocycles. The molecule has 0 amide bonds. The molecule has 4 heteroatoms. The number of pyridine rings is 1. The van der Waals surface area contributed by atoms with Crippen molar-refractivity contribution in [1.82, 2.24) is 4.98 Å². The zero-order valence-electron chi connectivity index (χ0n) is 9.73. The second kappa shape index (κ2) is 5.78. The number of hydrogen-bond donors (Lipinski definition) is 1. The Bertz CT molecular complexity index is 558. The summed E-state index contributed by atoms with van der Waals surface area (Å²) in [6.45, 7) is 0.688. The Kier molecular flexibility index (Phi) is 3.87. The minimum absolute atomic E-state index is 0.227. The molecule has 3 nitrogen and oxygen atoms in total. The number of nitrogens with zero attached hydrogens (tertiary/aromatic N) is 2. The molecule has 0 aliphatic rings. The summed E-state index contributed by atoms with van der Waals surface area (Å²) < 4.78 is 12.7. The number of halogens is 1. The molecule has 0 spiro atoms. The van der Waals surface area contributed by atoms with E-state index in [0.717, 1.165) is 12.0 Å². The summed E-state index contributed by atoms with van der Waals surface area (Å²) in [6.07, 6.45) is 2.37. The van der Waals surface area contributed by atoms with Gasteiger partial charge in [-0.2, -0.15) is 5.26 Å². The second-order valence-electron chi connectivity index (χ2n) is 3.84. The predicted octanol–water partition coefficient (Wildman–Crippen LogP) is 2.75. The summed E-state index contributed by atoms with van der Waals surface area (Å²) >= 11 is 0. The van der Waals surface area contributed by atoms with E-state index >= 15 is 0 Å². The van der Waals surface area contributed by atoms with E-state index in [4.69, 9.17) is 5.26 Å². The molecule has 0 fully saturated rings. The van der Waals surface area contributed by atoms with Gasteiger partial charge in [0.2, 0.25) is 0 Å². The van der Waals surface area contributed by atoms with Crippen molar-refractivity contribution in [3.8, 4) is 6.07 Å². The van der Waals surface area contributed by atoms with Gasteiger partial charge in [-0.1, -0.05) is 12.1 Å². The molecule has 1 heterocycles. The summed E-state index contributed by atoms with van der Waals surface area (Å²) in [4.78, 5) is 4.11. The molecule has 0 unspecified atom stereocenters. The van der Waals surface area contributed by atoms with Gasteiger partial charge in [-0.05, 0) is 36.2 Å². The molecule has 1 aromatic carbocycles. The van der Waals surface area contributed by atoms with Crippen LogP contribution >= 0.6 is 0 Å². The first kappa shape index (κ1) is 12.1. The van der Waals surface area contributed by atoms with Crippen molar-refractivity contribution in [2.45, 2.75) is 6.42 Å². The fourth-order valence-corrected chi connectivity index (χ4v) is 1.58. The number of hydrogen-bond acceptors (Lipinski definition) is 3. The van der Waals surface area contributed by atoms with Gasteiger partial charge < -0.3 is 5.32 Å². The lowest BCUT2D eigenvalue weighted by atomic mass is 10.1. The highest BCUT2D eigenvalue weighted by atomic mass is 19.1. The van der Waals surface area contributed by atoms with E-state index in [-0.39, 0.29) is 5.82 Å². The van der Waals surface area contributed by atoms with E-state index < -0.39 is 0 Å². The lowest BCUT2D eigenvalue weighted by molar-refractivity contribution is 0.627. The number of aromatic nitrogens is 1. The molecular weight excluding hydrogens is 229 g/mol. The molecule has 90 valence electrons. The third-order valence-corrected chi connectivity index (χ3v) is 2.52. The molecule has 0 bridgehead atoms. The number of benzene rings is 1. The number of anilines is 1. The van der Waals surface area contributed by atoms with E-state index in [1.54, 1.807) is 30.5 Å². The van der Waals surface area contributed by atoms with Gasteiger partial charge >= 0.3 is 0 Å². The smallest absolute Gasteiger partial charge is 0.127 e. The van der Waals surface area contributed by atoms with Crippen LogP contribution in [-0.4, -0.2) is 11.5 Å². The molecule has 1 N–H and O–H groups in total. The van der Waals surface area contributed by atoms with Gasteiger partial charge in [-0.25, -0.2) is 9.37 Å². The van der Waals surface area contributed by atoms with Crippen molar-refractivity contribution in [3.05, 3.63) is 59.5 Å². The first-order valence-electron chi connectivity index (χ1n) is 5.62.